The Bertz CT molecular complexity index is 339. The molecule has 0 aliphatic carbocycles. The summed E-state index contributed by atoms with van der Waals surface area (Å²) in [5.74, 6) is -0.560. The SMILES string of the molecule is CC(C)N(C)c1ncncc1C(=O)O. The summed E-state index contributed by atoms with van der Waals surface area (Å²) in [5, 5.41) is 8.89. The number of carboxylic acids is 1. The van der Waals surface area contributed by atoms with Crippen LogP contribution in [0.2, 0.25) is 0 Å². The highest BCUT2D eigenvalue weighted by Crippen LogP contribution is 2.16. The maximum Gasteiger partial charge on any atom is 0.341 e. The largest absolute Gasteiger partial charge is 0.477 e. The molecule has 1 rings (SSSR count). The van der Waals surface area contributed by atoms with Crippen LogP contribution in [0.15, 0.2) is 12.5 Å². The fourth-order valence-corrected chi connectivity index (χ4v) is 1.000. The van der Waals surface area contributed by atoms with Crippen LogP contribution in [-0.2, 0) is 0 Å². The van der Waals surface area contributed by atoms with Gasteiger partial charge in [-0.05, 0) is 13.8 Å². The highest BCUT2D eigenvalue weighted by molar-refractivity contribution is 5.92. The molecule has 1 aromatic rings. The van der Waals surface area contributed by atoms with Crippen LogP contribution in [0, 0.1) is 0 Å². The van der Waals surface area contributed by atoms with E-state index in [1.165, 1.54) is 12.5 Å². The molecule has 0 aliphatic heterocycles. The van der Waals surface area contributed by atoms with Gasteiger partial charge in [-0.3, -0.25) is 0 Å². The number of rotatable bonds is 3. The molecule has 1 heterocycles. The van der Waals surface area contributed by atoms with Gasteiger partial charge in [0.1, 0.15) is 17.7 Å². The van der Waals surface area contributed by atoms with E-state index >= 15 is 0 Å². The van der Waals surface area contributed by atoms with Crippen molar-refractivity contribution in [2.75, 3.05) is 11.9 Å². The van der Waals surface area contributed by atoms with Crippen molar-refractivity contribution in [3.8, 4) is 0 Å². The number of hydrogen-bond acceptors (Lipinski definition) is 4. The van der Waals surface area contributed by atoms with E-state index in [0.717, 1.165) is 0 Å². The summed E-state index contributed by atoms with van der Waals surface area (Å²) in [7, 11) is 1.80. The predicted octanol–water partition coefficient (Wildman–Crippen LogP) is 1.02. The first-order valence-electron chi connectivity index (χ1n) is 4.30. The van der Waals surface area contributed by atoms with E-state index in [1.807, 2.05) is 13.8 Å². The molecular formula is C9H13N3O2. The number of aromatic nitrogens is 2. The first-order chi connectivity index (χ1) is 6.54. The Morgan fingerprint density at radius 2 is 2.21 bits per heavy atom. The Morgan fingerprint density at radius 3 is 2.71 bits per heavy atom. The van der Waals surface area contributed by atoms with Crippen LogP contribution in [0.4, 0.5) is 5.82 Å². The molecule has 0 aliphatic rings. The summed E-state index contributed by atoms with van der Waals surface area (Å²) in [6, 6.07) is 0.197. The van der Waals surface area contributed by atoms with E-state index in [2.05, 4.69) is 9.97 Å². The van der Waals surface area contributed by atoms with E-state index in [0.29, 0.717) is 5.82 Å². The van der Waals surface area contributed by atoms with Gasteiger partial charge in [-0.15, -0.1) is 0 Å². The molecule has 0 radical (unpaired) electrons. The number of nitrogens with zero attached hydrogens (tertiary/aromatic N) is 3. The van der Waals surface area contributed by atoms with E-state index in [4.69, 9.17) is 5.11 Å². The van der Waals surface area contributed by atoms with E-state index in [-0.39, 0.29) is 11.6 Å². The maximum atomic E-state index is 10.8. The van der Waals surface area contributed by atoms with Crippen LogP contribution in [-0.4, -0.2) is 34.1 Å². The van der Waals surface area contributed by atoms with E-state index in [9.17, 15) is 4.79 Å². The van der Waals surface area contributed by atoms with Crippen LogP contribution in [0.3, 0.4) is 0 Å². The lowest BCUT2D eigenvalue weighted by atomic mass is 10.2. The molecule has 0 saturated heterocycles. The molecule has 5 heteroatoms. The van der Waals surface area contributed by atoms with Gasteiger partial charge in [0.25, 0.3) is 0 Å². The minimum atomic E-state index is -1.01. The third-order valence-electron chi connectivity index (χ3n) is 2.03. The summed E-state index contributed by atoms with van der Waals surface area (Å²) < 4.78 is 0. The third-order valence-corrected chi connectivity index (χ3v) is 2.03. The van der Waals surface area contributed by atoms with Crippen LogP contribution in [0.25, 0.3) is 0 Å². The lowest BCUT2D eigenvalue weighted by Crippen LogP contribution is -2.28. The lowest BCUT2D eigenvalue weighted by molar-refractivity contribution is 0.0696. The maximum absolute atomic E-state index is 10.8. The molecule has 0 saturated carbocycles. The fourth-order valence-electron chi connectivity index (χ4n) is 1.000. The van der Waals surface area contributed by atoms with Gasteiger partial charge in [0.05, 0.1) is 0 Å². The molecule has 0 bridgehead atoms. The zero-order valence-electron chi connectivity index (χ0n) is 8.43. The van der Waals surface area contributed by atoms with Gasteiger partial charge in [0, 0.05) is 19.3 Å². The molecule has 1 N–H and O–H groups in total. The molecule has 0 atom stereocenters. The van der Waals surface area contributed by atoms with Crippen LogP contribution >= 0.6 is 0 Å². The predicted molar refractivity (Wildman–Crippen MR) is 52.5 cm³/mol. The number of aromatic carboxylic acids is 1. The normalized spacial score (nSPS) is 10.3. The highest BCUT2D eigenvalue weighted by Gasteiger charge is 2.16. The molecule has 5 nitrogen and oxygen atoms in total. The standard InChI is InChI=1S/C9H13N3O2/c1-6(2)12(3)8-7(9(13)14)4-10-5-11-8/h4-6H,1-3H3,(H,13,14). The minimum Gasteiger partial charge on any atom is -0.477 e. The van der Waals surface area contributed by atoms with Gasteiger partial charge in [0.15, 0.2) is 0 Å². The summed E-state index contributed by atoms with van der Waals surface area (Å²) in [6.45, 7) is 3.93. The van der Waals surface area contributed by atoms with Crippen molar-refractivity contribution in [2.24, 2.45) is 0 Å². The number of anilines is 1. The first kappa shape index (κ1) is 10.4. The second kappa shape index (κ2) is 4.04. The number of carboxylic acid groups (broad SMARTS) is 1. The van der Waals surface area contributed by atoms with Crippen molar-refractivity contribution in [3.05, 3.63) is 18.1 Å². The average Bonchev–Trinajstić information content (AvgIpc) is 2.16. The Hall–Kier alpha value is -1.65. The number of hydrogen-bond donors (Lipinski definition) is 1. The zero-order chi connectivity index (χ0) is 10.7. The minimum absolute atomic E-state index is 0.128. The lowest BCUT2D eigenvalue weighted by Gasteiger charge is -2.23. The zero-order valence-corrected chi connectivity index (χ0v) is 8.43. The summed E-state index contributed by atoms with van der Waals surface area (Å²) in [5.41, 5.74) is 0.128. The molecule has 0 spiro atoms. The first-order valence-corrected chi connectivity index (χ1v) is 4.30. The van der Waals surface area contributed by atoms with Crippen LogP contribution in [0.5, 0.6) is 0 Å². The van der Waals surface area contributed by atoms with Crippen molar-refractivity contribution in [3.63, 3.8) is 0 Å². The van der Waals surface area contributed by atoms with Crippen LogP contribution in [0.1, 0.15) is 24.2 Å². The Morgan fingerprint density at radius 1 is 1.57 bits per heavy atom. The average molecular weight is 195 g/mol. The molecule has 14 heavy (non-hydrogen) atoms. The molecule has 0 aromatic carbocycles. The topological polar surface area (TPSA) is 66.3 Å². The summed E-state index contributed by atoms with van der Waals surface area (Å²) in [6.07, 6.45) is 2.66. The van der Waals surface area contributed by atoms with Crippen LogP contribution < -0.4 is 4.90 Å². The van der Waals surface area contributed by atoms with Gasteiger partial charge in [-0.25, -0.2) is 14.8 Å². The van der Waals surface area contributed by atoms with Crippen molar-refractivity contribution >= 4 is 11.8 Å². The fraction of sp³-hybridized carbons (Fsp3) is 0.444. The third kappa shape index (κ3) is 1.99. The molecule has 0 fully saturated rings. The Labute approximate surface area is 82.4 Å². The smallest absolute Gasteiger partial charge is 0.341 e. The van der Waals surface area contributed by atoms with Crippen molar-refractivity contribution in [2.45, 2.75) is 19.9 Å². The molecule has 76 valence electrons. The van der Waals surface area contributed by atoms with Gasteiger partial charge in [0.2, 0.25) is 0 Å². The Kier molecular flexibility index (Phi) is 3.01. The highest BCUT2D eigenvalue weighted by atomic mass is 16.4. The summed E-state index contributed by atoms with van der Waals surface area (Å²) in [4.78, 5) is 20.3. The molecule has 1 aromatic heterocycles. The van der Waals surface area contributed by atoms with E-state index in [1.54, 1.807) is 11.9 Å². The van der Waals surface area contributed by atoms with Gasteiger partial charge in [-0.2, -0.15) is 0 Å². The molecular weight excluding hydrogens is 182 g/mol. The van der Waals surface area contributed by atoms with E-state index < -0.39 is 5.97 Å². The molecule has 0 unspecified atom stereocenters. The van der Waals surface area contributed by atoms with Gasteiger partial charge in [-0.1, -0.05) is 0 Å². The summed E-state index contributed by atoms with van der Waals surface area (Å²) >= 11 is 0. The monoisotopic (exact) mass is 195 g/mol. The number of carbonyl (C=O) groups is 1. The second-order valence-electron chi connectivity index (χ2n) is 3.27. The Balaban J connectivity index is 3.13. The quantitative estimate of drug-likeness (QED) is 0.780. The van der Waals surface area contributed by atoms with Crippen molar-refractivity contribution in [1.29, 1.82) is 0 Å². The van der Waals surface area contributed by atoms with Gasteiger partial charge >= 0.3 is 5.97 Å². The molecule has 0 amide bonds. The van der Waals surface area contributed by atoms with Crippen molar-refractivity contribution < 1.29 is 9.90 Å². The van der Waals surface area contributed by atoms with Crippen molar-refractivity contribution in [1.82, 2.24) is 9.97 Å². The second-order valence-corrected chi connectivity index (χ2v) is 3.27. The van der Waals surface area contributed by atoms with Gasteiger partial charge < -0.3 is 10.0 Å².